The molecule has 3 N–H and O–H groups in total. The van der Waals surface area contributed by atoms with E-state index in [9.17, 15) is 14.4 Å². The summed E-state index contributed by atoms with van der Waals surface area (Å²) in [6.07, 6.45) is 1.54. The molecule has 0 spiro atoms. The Morgan fingerprint density at radius 3 is 2.40 bits per heavy atom. The van der Waals surface area contributed by atoms with Gasteiger partial charge in [0.15, 0.2) is 0 Å². The lowest BCUT2D eigenvalue weighted by Gasteiger charge is -2.22. The van der Waals surface area contributed by atoms with Crippen LogP contribution < -0.4 is 10.6 Å². The fourth-order valence-corrected chi connectivity index (χ4v) is 1.88. The minimum Gasteiger partial charge on any atom is -0.481 e. The summed E-state index contributed by atoms with van der Waals surface area (Å²) in [5.74, 6) is -1.31. The first-order valence-electron chi connectivity index (χ1n) is 6.70. The van der Waals surface area contributed by atoms with Crippen LogP contribution in [0.4, 0.5) is 4.79 Å². The Morgan fingerprint density at radius 2 is 1.85 bits per heavy atom. The number of aliphatic carboxylic acids is 1. The number of rotatable bonds is 5. The molecule has 0 radical (unpaired) electrons. The first kappa shape index (κ1) is 16.4. The molecule has 1 heterocycles. The lowest BCUT2D eigenvalue weighted by atomic mass is 9.89. The van der Waals surface area contributed by atoms with Crippen molar-refractivity contribution in [2.45, 2.75) is 33.1 Å². The zero-order valence-electron chi connectivity index (χ0n) is 11.9. The molecule has 0 aromatic rings. The van der Waals surface area contributed by atoms with Crippen molar-refractivity contribution in [1.29, 1.82) is 0 Å². The van der Waals surface area contributed by atoms with E-state index in [0.29, 0.717) is 25.7 Å². The summed E-state index contributed by atoms with van der Waals surface area (Å²) in [6.45, 7) is 4.76. The maximum absolute atomic E-state index is 11.6. The number of carboxylic acid groups (broad SMARTS) is 1. The monoisotopic (exact) mass is 286 g/mol. The molecule has 1 rings (SSSR count). The van der Waals surface area contributed by atoms with Crippen LogP contribution in [-0.4, -0.2) is 42.8 Å². The van der Waals surface area contributed by atoms with Crippen molar-refractivity contribution in [1.82, 2.24) is 10.6 Å². The van der Waals surface area contributed by atoms with Crippen molar-refractivity contribution in [3.8, 4) is 0 Å². The van der Waals surface area contributed by atoms with Crippen LogP contribution in [0.25, 0.3) is 0 Å². The van der Waals surface area contributed by atoms with Gasteiger partial charge >= 0.3 is 12.0 Å². The molecule has 3 amide bonds. The number of urea groups is 1. The van der Waals surface area contributed by atoms with Crippen molar-refractivity contribution in [3.63, 3.8) is 0 Å². The molecule has 1 aliphatic heterocycles. The Labute approximate surface area is 118 Å². The zero-order chi connectivity index (χ0) is 15.2. The SMILES string of the molecule is CC(C)(CC(=O)NC(=O)NCC1CCOCC1)C(=O)O. The molecule has 1 fully saturated rings. The first-order valence-corrected chi connectivity index (χ1v) is 6.70. The number of nitrogens with one attached hydrogen (secondary N) is 2. The van der Waals surface area contributed by atoms with E-state index >= 15 is 0 Å². The minimum absolute atomic E-state index is 0.243. The Kier molecular flexibility index (Phi) is 5.94. The highest BCUT2D eigenvalue weighted by Gasteiger charge is 2.30. The fourth-order valence-electron chi connectivity index (χ4n) is 1.88. The fraction of sp³-hybridized carbons (Fsp3) is 0.769. The van der Waals surface area contributed by atoms with Crippen molar-refractivity contribution in [2.75, 3.05) is 19.8 Å². The molecule has 0 atom stereocenters. The molecule has 1 saturated heterocycles. The Bertz CT molecular complexity index is 375. The third kappa shape index (κ3) is 5.56. The first-order chi connectivity index (χ1) is 9.31. The van der Waals surface area contributed by atoms with E-state index in [1.807, 2.05) is 0 Å². The maximum atomic E-state index is 11.6. The predicted molar refractivity (Wildman–Crippen MR) is 71.1 cm³/mol. The molecule has 0 saturated carbocycles. The maximum Gasteiger partial charge on any atom is 0.321 e. The van der Waals surface area contributed by atoms with Crippen LogP contribution in [0.1, 0.15) is 33.1 Å². The third-order valence-electron chi connectivity index (χ3n) is 3.33. The van der Waals surface area contributed by atoms with E-state index in [1.165, 1.54) is 13.8 Å². The Hall–Kier alpha value is -1.63. The second-order valence-corrected chi connectivity index (χ2v) is 5.68. The molecule has 7 heteroatoms. The summed E-state index contributed by atoms with van der Waals surface area (Å²) in [6, 6.07) is -0.581. The van der Waals surface area contributed by atoms with Crippen molar-refractivity contribution in [2.24, 2.45) is 11.3 Å². The summed E-state index contributed by atoms with van der Waals surface area (Å²) in [5, 5.41) is 13.7. The van der Waals surface area contributed by atoms with Crippen LogP contribution in [-0.2, 0) is 14.3 Å². The standard InChI is InChI=1S/C13H22N2O5/c1-13(2,11(17)18)7-10(16)15-12(19)14-8-9-3-5-20-6-4-9/h9H,3-8H2,1-2H3,(H,17,18)(H2,14,15,16,19). The normalized spacial score (nSPS) is 16.5. The molecule has 1 aliphatic rings. The van der Waals surface area contributed by atoms with Crippen molar-refractivity contribution >= 4 is 17.9 Å². The molecule has 20 heavy (non-hydrogen) atoms. The average Bonchev–Trinajstić information content (AvgIpc) is 2.36. The van der Waals surface area contributed by atoms with Gasteiger partial charge in [0.05, 0.1) is 5.41 Å². The smallest absolute Gasteiger partial charge is 0.321 e. The summed E-state index contributed by atoms with van der Waals surface area (Å²) < 4.78 is 5.21. The number of amides is 3. The van der Waals surface area contributed by atoms with E-state index in [4.69, 9.17) is 9.84 Å². The molecular weight excluding hydrogens is 264 g/mol. The van der Waals surface area contributed by atoms with Gasteiger partial charge in [0.25, 0.3) is 0 Å². The van der Waals surface area contributed by atoms with E-state index in [0.717, 1.165) is 12.8 Å². The van der Waals surface area contributed by atoms with E-state index in [2.05, 4.69) is 10.6 Å². The number of hydrogen-bond donors (Lipinski definition) is 3. The molecule has 114 valence electrons. The quantitative estimate of drug-likeness (QED) is 0.691. The molecular formula is C13H22N2O5. The number of carbonyl (C=O) groups is 3. The molecule has 0 bridgehead atoms. The van der Waals surface area contributed by atoms with E-state index in [1.54, 1.807) is 0 Å². The van der Waals surface area contributed by atoms with Crippen LogP contribution in [0.3, 0.4) is 0 Å². The van der Waals surface area contributed by atoms with Gasteiger partial charge in [0, 0.05) is 26.2 Å². The zero-order valence-corrected chi connectivity index (χ0v) is 11.9. The lowest BCUT2D eigenvalue weighted by Crippen LogP contribution is -2.44. The van der Waals surface area contributed by atoms with E-state index in [-0.39, 0.29) is 6.42 Å². The Morgan fingerprint density at radius 1 is 1.25 bits per heavy atom. The van der Waals surface area contributed by atoms with Gasteiger partial charge < -0.3 is 15.2 Å². The van der Waals surface area contributed by atoms with Gasteiger partial charge in [-0.1, -0.05) is 0 Å². The third-order valence-corrected chi connectivity index (χ3v) is 3.33. The molecule has 7 nitrogen and oxygen atoms in total. The number of imide groups is 1. The molecule has 0 aromatic carbocycles. The van der Waals surface area contributed by atoms with Gasteiger partial charge in [-0.25, -0.2) is 4.79 Å². The van der Waals surface area contributed by atoms with Gasteiger partial charge in [-0.2, -0.15) is 0 Å². The van der Waals surface area contributed by atoms with Crippen LogP contribution in [0, 0.1) is 11.3 Å². The van der Waals surface area contributed by atoms with Gasteiger partial charge in [-0.05, 0) is 32.6 Å². The van der Waals surface area contributed by atoms with E-state index < -0.39 is 23.3 Å². The Balaban J connectivity index is 2.27. The second-order valence-electron chi connectivity index (χ2n) is 5.68. The topological polar surface area (TPSA) is 105 Å². The van der Waals surface area contributed by atoms with Gasteiger partial charge in [-0.15, -0.1) is 0 Å². The predicted octanol–water partition coefficient (Wildman–Crippen LogP) is 0.740. The summed E-state index contributed by atoms with van der Waals surface area (Å²) in [5.41, 5.74) is -1.19. The number of carbonyl (C=O) groups excluding carboxylic acids is 2. The largest absolute Gasteiger partial charge is 0.481 e. The molecule has 0 aliphatic carbocycles. The second kappa shape index (κ2) is 7.23. The van der Waals surface area contributed by atoms with Crippen molar-refractivity contribution in [3.05, 3.63) is 0 Å². The highest BCUT2D eigenvalue weighted by molar-refractivity contribution is 5.96. The average molecular weight is 286 g/mol. The molecule has 0 aromatic heterocycles. The summed E-state index contributed by atoms with van der Waals surface area (Å²) >= 11 is 0. The van der Waals surface area contributed by atoms with Crippen LogP contribution in [0.2, 0.25) is 0 Å². The van der Waals surface area contributed by atoms with Crippen LogP contribution >= 0.6 is 0 Å². The highest BCUT2D eigenvalue weighted by atomic mass is 16.5. The summed E-state index contributed by atoms with van der Waals surface area (Å²) in [4.78, 5) is 34.0. The van der Waals surface area contributed by atoms with Gasteiger partial charge in [-0.3, -0.25) is 14.9 Å². The molecule has 0 unspecified atom stereocenters. The number of carboxylic acids is 1. The lowest BCUT2D eigenvalue weighted by molar-refractivity contribution is -0.149. The highest BCUT2D eigenvalue weighted by Crippen LogP contribution is 2.19. The summed E-state index contributed by atoms with van der Waals surface area (Å²) in [7, 11) is 0. The van der Waals surface area contributed by atoms with Gasteiger partial charge in [0.2, 0.25) is 5.91 Å². The van der Waals surface area contributed by atoms with Crippen LogP contribution in [0.15, 0.2) is 0 Å². The minimum atomic E-state index is -1.19. The number of hydrogen-bond acceptors (Lipinski definition) is 4. The van der Waals surface area contributed by atoms with Gasteiger partial charge in [0.1, 0.15) is 0 Å². The van der Waals surface area contributed by atoms with Crippen molar-refractivity contribution < 1.29 is 24.2 Å². The number of ether oxygens (including phenoxy) is 1. The van der Waals surface area contributed by atoms with Crippen LogP contribution in [0.5, 0.6) is 0 Å².